The largest absolute Gasteiger partial charge is 0.496 e. The number of aliphatic hydroxyl groups is 1. The van der Waals surface area contributed by atoms with Crippen LogP contribution < -0.4 is 10.2 Å². The minimum absolute atomic E-state index is 0.0173. The van der Waals surface area contributed by atoms with Gasteiger partial charge in [0.2, 0.25) is 5.43 Å². The van der Waals surface area contributed by atoms with Gasteiger partial charge < -0.3 is 14.8 Å². The van der Waals surface area contributed by atoms with Gasteiger partial charge in [-0.3, -0.25) is 9.69 Å². The van der Waals surface area contributed by atoms with Crippen molar-refractivity contribution in [2.75, 3.05) is 20.2 Å². The quantitative estimate of drug-likeness (QED) is 0.570. The molecule has 162 valence electrons. The van der Waals surface area contributed by atoms with Crippen molar-refractivity contribution in [2.24, 2.45) is 0 Å². The van der Waals surface area contributed by atoms with E-state index in [1.807, 2.05) is 19.1 Å². The third-order valence-corrected chi connectivity index (χ3v) is 4.96. The summed E-state index contributed by atoms with van der Waals surface area (Å²) < 4.78 is 45.5. The Morgan fingerprint density at radius 2 is 2.07 bits per heavy atom. The molecule has 0 aliphatic carbocycles. The van der Waals surface area contributed by atoms with Crippen LogP contribution in [0.4, 0.5) is 13.2 Å². The second kappa shape index (κ2) is 8.49. The predicted octanol–water partition coefficient (Wildman–Crippen LogP) is 2.75. The van der Waals surface area contributed by atoms with Crippen LogP contribution in [0, 0.1) is 6.92 Å². The van der Waals surface area contributed by atoms with Crippen LogP contribution in [0.15, 0.2) is 35.4 Å². The number of benzene rings is 1. The van der Waals surface area contributed by atoms with Crippen LogP contribution in [0.5, 0.6) is 5.75 Å². The molecule has 0 aliphatic rings. The van der Waals surface area contributed by atoms with Gasteiger partial charge in [-0.1, -0.05) is 0 Å². The number of H-pyrrole nitrogens is 1. The highest BCUT2D eigenvalue weighted by Crippen LogP contribution is 2.31. The van der Waals surface area contributed by atoms with Crippen LogP contribution in [0.1, 0.15) is 18.1 Å². The zero-order valence-corrected chi connectivity index (χ0v) is 16.8. The SMILES string of the molecule is COc1cc(-c2c[nH]c3cc(=O)cnn23)cc(CCN(CC(F)(F)F)C(C)O)c1C. The molecular formula is C20H23F3N4O3. The first-order chi connectivity index (χ1) is 14.1. The number of hydrogen-bond donors (Lipinski definition) is 2. The van der Waals surface area contributed by atoms with E-state index in [1.165, 1.54) is 26.3 Å². The van der Waals surface area contributed by atoms with E-state index in [0.29, 0.717) is 17.1 Å². The number of imidazole rings is 1. The van der Waals surface area contributed by atoms with Gasteiger partial charge in [0, 0.05) is 24.4 Å². The van der Waals surface area contributed by atoms with Crippen molar-refractivity contribution in [3.8, 4) is 17.0 Å². The van der Waals surface area contributed by atoms with Gasteiger partial charge >= 0.3 is 6.18 Å². The Hall–Kier alpha value is -2.85. The molecule has 0 aliphatic heterocycles. The molecule has 3 rings (SSSR count). The van der Waals surface area contributed by atoms with Gasteiger partial charge in [0.05, 0.1) is 25.5 Å². The number of aromatic amines is 1. The van der Waals surface area contributed by atoms with Crippen LogP contribution in [0.2, 0.25) is 0 Å². The lowest BCUT2D eigenvalue weighted by Gasteiger charge is -2.26. The van der Waals surface area contributed by atoms with Crippen molar-refractivity contribution in [1.29, 1.82) is 0 Å². The Balaban J connectivity index is 1.96. The third kappa shape index (κ3) is 4.82. The molecule has 2 aromatic heterocycles. The lowest BCUT2D eigenvalue weighted by molar-refractivity contribution is -0.164. The summed E-state index contributed by atoms with van der Waals surface area (Å²) in [6.45, 7) is 1.97. The smallest absolute Gasteiger partial charge is 0.401 e. The van der Waals surface area contributed by atoms with Gasteiger partial charge in [0.1, 0.15) is 17.6 Å². The minimum Gasteiger partial charge on any atom is -0.496 e. The fraction of sp³-hybridized carbons (Fsp3) is 0.400. The van der Waals surface area contributed by atoms with Gasteiger partial charge in [-0.15, -0.1) is 0 Å². The number of nitrogens with zero attached hydrogens (tertiary/aromatic N) is 3. The molecule has 0 spiro atoms. The van der Waals surface area contributed by atoms with Gasteiger partial charge in [0.15, 0.2) is 0 Å². The molecule has 0 radical (unpaired) electrons. The van der Waals surface area contributed by atoms with Crippen LogP contribution in [-0.2, 0) is 6.42 Å². The molecule has 2 N–H and O–H groups in total. The number of aromatic nitrogens is 3. The number of alkyl halides is 3. The molecule has 10 heteroatoms. The zero-order chi connectivity index (χ0) is 22.1. The molecule has 0 saturated carbocycles. The summed E-state index contributed by atoms with van der Waals surface area (Å²) in [5.41, 5.74) is 3.28. The highest BCUT2D eigenvalue weighted by Gasteiger charge is 2.32. The first-order valence-electron chi connectivity index (χ1n) is 9.32. The third-order valence-electron chi connectivity index (χ3n) is 4.96. The summed E-state index contributed by atoms with van der Waals surface area (Å²) in [4.78, 5) is 15.5. The van der Waals surface area contributed by atoms with Crippen molar-refractivity contribution in [3.63, 3.8) is 0 Å². The number of halogens is 3. The number of rotatable bonds is 7. The molecule has 1 unspecified atom stereocenters. The number of methoxy groups -OCH3 is 1. The van der Waals surface area contributed by atoms with E-state index in [1.54, 1.807) is 10.7 Å². The van der Waals surface area contributed by atoms with E-state index in [4.69, 9.17) is 4.74 Å². The molecular weight excluding hydrogens is 401 g/mol. The maximum absolute atomic E-state index is 12.8. The monoisotopic (exact) mass is 424 g/mol. The van der Waals surface area contributed by atoms with Crippen LogP contribution in [0.25, 0.3) is 16.9 Å². The lowest BCUT2D eigenvalue weighted by atomic mass is 9.99. The van der Waals surface area contributed by atoms with Crippen LogP contribution in [0.3, 0.4) is 0 Å². The zero-order valence-electron chi connectivity index (χ0n) is 16.8. The topological polar surface area (TPSA) is 82.9 Å². The average molecular weight is 424 g/mol. The van der Waals surface area contributed by atoms with Gasteiger partial charge in [-0.25, -0.2) is 4.52 Å². The first-order valence-corrected chi connectivity index (χ1v) is 9.32. The lowest BCUT2D eigenvalue weighted by Crippen LogP contribution is -2.41. The summed E-state index contributed by atoms with van der Waals surface area (Å²) in [6.07, 6.45) is -2.46. The van der Waals surface area contributed by atoms with Crippen LogP contribution >= 0.6 is 0 Å². The number of aliphatic hydroxyl groups excluding tert-OH is 1. The molecule has 0 amide bonds. The van der Waals surface area contributed by atoms with E-state index < -0.39 is 18.9 Å². The van der Waals surface area contributed by atoms with E-state index in [9.17, 15) is 23.1 Å². The fourth-order valence-corrected chi connectivity index (χ4v) is 3.37. The Morgan fingerprint density at radius 1 is 1.33 bits per heavy atom. The average Bonchev–Trinajstić information content (AvgIpc) is 3.08. The first kappa shape index (κ1) is 21.8. The molecule has 0 saturated heterocycles. The summed E-state index contributed by atoms with van der Waals surface area (Å²) in [5.74, 6) is 0.581. The highest BCUT2D eigenvalue weighted by molar-refractivity contribution is 5.67. The van der Waals surface area contributed by atoms with Gasteiger partial charge in [-0.05, 0) is 43.5 Å². The Bertz CT molecular complexity index is 1090. The van der Waals surface area contributed by atoms with Crippen molar-refractivity contribution >= 4 is 5.65 Å². The Labute approximate surface area is 170 Å². The maximum Gasteiger partial charge on any atom is 0.401 e. The van der Waals surface area contributed by atoms with Crippen molar-refractivity contribution < 1.29 is 23.0 Å². The highest BCUT2D eigenvalue weighted by atomic mass is 19.4. The molecule has 3 aromatic rings. The van der Waals surface area contributed by atoms with Crippen molar-refractivity contribution in [3.05, 3.63) is 51.9 Å². The van der Waals surface area contributed by atoms with Crippen molar-refractivity contribution in [2.45, 2.75) is 32.7 Å². The molecule has 0 bridgehead atoms. The van der Waals surface area contributed by atoms with E-state index >= 15 is 0 Å². The summed E-state index contributed by atoms with van der Waals surface area (Å²) >= 11 is 0. The number of hydrogen-bond acceptors (Lipinski definition) is 5. The summed E-state index contributed by atoms with van der Waals surface area (Å²) in [6, 6.07) is 5.08. The molecule has 30 heavy (non-hydrogen) atoms. The molecule has 1 aromatic carbocycles. The van der Waals surface area contributed by atoms with E-state index in [-0.39, 0.29) is 18.4 Å². The fourth-order valence-electron chi connectivity index (χ4n) is 3.37. The van der Waals surface area contributed by atoms with Gasteiger partial charge in [-0.2, -0.15) is 18.3 Å². The Kier molecular flexibility index (Phi) is 6.18. The second-order valence-corrected chi connectivity index (χ2v) is 7.09. The number of nitrogens with one attached hydrogen (secondary N) is 1. The standard InChI is InChI=1S/C20H23F3N4O3/c1-12-14(4-5-26(13(2)28)11-20(21,22)23)6-15(7-18(12)30-3)17-10-24-19-8-16(29)9-25-27(17)19/h6-10,13,24,28H,4-5,11H2,1-3H3. The molecule has 7 nitrogen and oxygen atoms in total. The maximum atomic E-state index is 12.8. The van der Waals surface area contributed by atoms with Gasteiger partial charge in [0.25, 0.3) is 0 Å². The summed E-state index contributed by atoms with van der Waals surface area (Å²) in [5, 5.41) is 13.9. The Morgan fingerprint density at radius 3 is 2.70 bits per heavy atom. The summed E-state index contributed by atoms with van der Waals surface area (Å²) in [7, 11) is 1.52. The second-order valence-electron chi connectivity index (χ2n) is 7.09. The van der Waals surface area contributed by atoms with Crippen molar-refractivity contribution in [1.82, 2.24) is 19.5 Å². The van der Waals surface area contributed by atoms with E-state index in [2.05, 4.69) is 10.1 Å². The number of fused-ring (bicyclic) bond motifs is 1. The number of ether oxygens (including phenoxy) is 1. The van der Waals surface area contributed by atoms with Crippen LogP contribution in [-0.4, -0.2) is 57.2 Å². The molecule has 2 heterocycles. The minimum atomic E-state index is -4.40. The molecule has 0 fully saturated rings. The van der Waals surface area contributed by atoms with E-state index in [0.717, 1.165) is 21.6 Å². The normalized spacial score (nSPS) is 13.2. The predicted molar refractivity (Wildman–Crippen MR) is 106 cm³/mol. The molecule has 1 atom stereocenters.